The van der Waals surface area contributed by atoms with Crippen molar-refractivity contribution < 1.29 is 23.7 Å². The maximum Gasteiger partial charge on any atom is 0.238 e. The Kier molecular flexibility index (Phi) is 8.84. The van der Waals surface area contributed by atoms with Gasteiger partial charge in [-0.3, -0.25) is 14.6 Å². The highest BCUT2D eigenvalue weighted by Gasteiger charge is 2.20. The third-order valence-electron chi connectivity index (χ3n) is 8.01. The second-order valence-electron chi connectivity index (χ2n) is 11.1. The second kappa shape index (κ2) is 13.3. The number of aromatic nitrogens is 4. The van der Waals surface area contributed by atoms with Crippen LogP contribution in [0.2, 0.25) is 0 Å². The summed E-state index contributed by atoms with van der Waals surface area (Å²) in [7, 11) is 3.13. The number of hydrogen-bond donors (Lipinski definition) is 0. The Morgan fingerprint density at radius 2 is 1.69 bits per heavy atom. The van der Waals surface area contributed by atoms with E-state index < -0.39 is 0 Å². The zero-order valence-corrected chi connectivity index (χ0v) is 25.5. The molecule has 0 amide bonds. The lowest BCUT2D eigenvalue weighted by Gasteiger charge is -2.23. The van der Waals surface area contributed by atoms with E-state index in [1.807, 2.05) is 42.0 Å². The molecule has 5 aromatic rings. The average Bonchev–Trinajstić information content (AvgIpc) is 3.06. The average molecular weight is 607 g/mol. The number of hydrogen-bond acceptors (Lipinski definition) is 9. The topological polar surface area (TPSA) is 115 Å². The van der Waals surface area contributed by atoms with Gasteiger partial charge in [0, 0.05) is 61.4 Å². The van der Waals surface area contributed by atoms with Gasteiger partial charge < -0.3 is 23.5 Å². The molecule has 0 spiro atoms. The van der Waals surface area contributed by atoms with E-state index in [1.54, 1.807) is 56.9 Å². The summed E-state index contributed by atoms with van der Waals surface area (Å²) < 4.78 is 24.3. The third-order valence-corrected chi connectivity index (χ3v) is 8.01. The van der Waals surface area contributed by atoms with Crippen molar-refractivity contribution in [3.63, 3.8) is 0 Å². The van der Waals surface area contributed by atoms with Gasteiger partial charge in [0.1, 0.15) is 5.75 Å². The molecule has 1 fully saturated rings. The predicted molar refractivity (Wildman–Crippen MR) is 169 cm³/mol. The van der Waals surface area contributed by atoms with Crippen LogP contribution < -0.4 is 19.6 Å². The normalized spacial score (nSPS) is 13.5. The summed E-state index contributed by atoms with van der Waals surface area (Å²) in [6, 6.07) is 16.4. The molecule has 4 heterocycles. The number of ketones is 1. The molecule has 230 valence electrons. The molecule has 45 heavy (non-hydrogen) atoms. The number of Topliss-reactive ketones (excluding diaryl/α,β-unsaturated/α-hetero) is 1. The number of ether oxygens (including phenoxy) is 4. The summed E-state index contributed by atoms with van der Waals surface area (Å²) in [5, 5.41) is 9.15. The Balaban J connectivity index is 1.24. The summed E-state index contributed by atoms with van der Waals surface area (Å²) in [5.41, 5.74) is 3.30. The summed E-state index contributed by atoms with van der Waals surface area (Å²) in [4.78, 5) is 31.6. The lowest BCUT2D eigenvalue weighted by molar-refractivity contribution is 0.0612. The van der Waals surface area contributed by atoms with E-state index in [0.29, 0.717) is 51.9 Å². The highest BCUT2D eigenvalue weighted by molar-refractivity contribution is 5.98. The van der Waals surface area contributed by atoms with Crippen molar-refractivity contribution in [1.82, 2.24) is 19.7 Å². The quantitative estimate of drug-likeness (QED) is 0.181. The largest absolute Gasteiger partial charge is 0.493 e. The van der Waals surface area contributed by atoms with Gasteiger partial charge in [-0.25, -0.2) is 0 Å². The molecule has 1 aliphatic heterocycles. The lowest BCUT2D eigenvalue weighted by atomic mass is 9.98. The molecule has 0 bridgehead atoms. The van der Waals surface area contributed by atoms with Gasteiger partial charge in [-0.2, -0.15) is 5.10 Å². The molecule has 10 nitrogen and oxygen atoms in total. The van der Waals surface area contributed by atoms with Crippen LogP contribution in [0.5, 0.6) is 23.1 Å². The zero-order valence-electron chi connectivity index (χ0n) is 25.5. The minimum atomic E-state index is -0.321. The van der Waals surface area contributed by atoms with Gasteiger partial charge in [-0.1, -0.05) is 29.8 Å². The van der Waals surface area contributed by atoms with Crippen molar-refractivity contribution in [2.45, 2.75) is 32.7 Å². The van der Waals surface area contributed by atoms with Crippen LogP contribution in [-0.2, 0) is 17.7 Å². The monoisotopic (exact) mass is 606 g/mol. The van der Waals surface area contributed by atoms with Gasteiger partial charge in [0.15, 0.2) is 22.7 Å². The first-order chi connectivity index (χ1) is 21.9. The van der Waals surface area contributed by atoms with Crippen LogP contribution in [0.15, 0.2) is 78.0 Å². The Morgan fingerprint density at radius 1 is 0.933 bits per heavy atom. The molecule has 1 saturated heterocycles. The van der Waals surface area contributed by atoms with E-state index in [-0.39, 0.29) is 29.1 Å². The minimum Gasteiger partial charge on any atom is -0.493 e. The first-order valence-electron chi connectivity index (χ1n) is 14.8. The number of carbonyl (C=O) groups excluding carboxylic acids is 1. The van der Waals surface area contributed by atoms with E-state index in [1.165, 1.54) is 0 Å². The van der Waals surface area contributed by atoms with Gasteiger partial charge in [-0.15, -0.1) is 5.10 Å². The molecular weight excluding hydrogens is 572 g/mol. The maximum atomic E-state index is 13.6. The molecular formula is C35H34N4O6. The number of fused-ring (bicyclic) bond motifs is 1. The molecule has 1 aliphatic rings. The molecule has 0 N–H and O–H groups in total. The zero-order chi connectivity index (χ0) is 31.3. The van der Waals surface area contributed by atoms with Gasteiger partial charge in [0.25, 0.3) is 0 Å². The van der Waals surface area contributed by atoms with Crippen LogP contribution in [0.4, 0.5) is 0 Å². The molecule has 6 rings (SSSR count). The Morgan fingerprint density at radius 3 is 2.40 bits per heavy atom. The number of pyridine rings is 2. The fourth-order valence-electron chi connectivity index (χ4n) is 5.51. The van der Waals surface area contributed by atoms with Crippen LogP contribution in [0.25, 0.3) is 22.0 Å². The molecule has 0 atom stereocenters. The van der Waals surface area contributed by atoms with Crippen molar-refractivity contribution in [3.8, 4) is 34.3 Å². The molecule has 10 heteroatoms. The molecule has 0 saturated carbocycles. The van der Waals surface area contributed by atoms with Crippen molar-refractivity contribution in [1.29, 1.82) is 0 Å². The van der Waals surface area contributed by atoms with Crippen LogP contribution in [0.3, 0.4) is 0 Å². The van der Waals surface area contributed by atoms with E-state index in [9.17, 15) is 9.59 Å². The fraction of sp³-hybridized carbons (Fsp3) is 0.286. The maximum absolute atomic E-state index is 13.6. The van der Waals surface area contributed by atoms with Gasteiger partial charge in [0.05, 0.1) is 37.4 Å². The van der Waals surface area contributed by atoms with Crippen molar-refractivity contribution in [2.75, 3.05) is 27.4 Å². The number of carbonyl (C=O) groups is 1. The summed E-state index contributed by atoms with van der Waals surface area (Å²) in [5.74, 6) is 1.95. The third kappa shape index (κ3) is 6.71. The Bertz CT molecular complexity index is 1880. The van der Waals surface area contributed by atoms with E-state index in [4.69, 9.17) is 18.9 Å². The van der Waals surface area contributed by atoms with Crippen LogP contribution in [0.1, 0.15) is 34.5 Å². The number of methoxy groups -OCH3 is 2. The van der Waals surface area contributed by atoms with Gasteiger partial charge in [-0.05, 0) is 49.4 Å². The minimum absolute atomic E-state index is 0.0771. The lowest BCUT2D eigenvalue weighted by Crippen LogP contribution is -2.25. The first-order valence-corrected chi connectivity index (χ1v) is 14.8. The van der Waals surface area contributed by atoms with Crippen LogP contribution in [-0.4, -0.2) is 53.0 Å². The first kappa shape index (κ1) is 30.0. The Hall–Kier alpha value is -5.09. The predicted octanol–water partition coefficient (Wildman–Crippen LogP) is 5.82. The van der Waals surface area contributed by atoms with Crippen molar-refractivity contribution in [2.24, 2.45) is 5.92 Å². The number of rotatable bonds is 10. The Labute approximate surface area is 260 Å². The summed E-state index contributed by atoms with van der Waals surface area (Å²) in [6.45, 7) is 4.15. The molecule has 0 radical (unpaired) electrons. The molecule has 2 aromatic carbocycles. The SMILES string of the molecule is COc1cc2nccc(Oc3ccc(CC(=O)c4cn(CC5CCOCC5)cc(-c5ccc(C)cc5)c4=O)nn3)c2cc1OC. The van der Waals surface area contributed by atoms with E-state index >= 15 is 0 Å². The van der Waals surface area contributed by atoms with E-state index in [0.717, 1.165) is 37.2 Å². The highest BCUT2D eigenvalue weighted by atomic mass is 16.5. The highest BCUT2D eigenvalue weighted by Crippen LogP contribution is 2.36. The van der Waals surface area contributed by atoms with Crippen molar-refractivity contribution in [3.05, 3.63) is 100 Å². The molecule has 3 aromatic heterocycles. The summed E-state index contributed by atoms with van der Waals surface area (Å²) in [6.07, 6.45) is 6.97. The van der Waals surface area contributed by atoms with E-state index in [2.05, 4.69) is 15.2 Å². The van der Waals surface area contributed by atoms with Crippen molar-refractivity contribution >= 4 is 16.7 Å². The number of benzene rings is 2. The van der Waals surface area contributed by atoms with Crippen LogP contribution in [0, 0.1) is 12.8 Å². The fourth-order valence-corrected chi connectivity index (χ4v) is 5.51. The van der Waals surface area contributed by atoms with Gasteiger partial charge >= 0.3 is 0 Å². The van der Waals surface area contributed by atoms with Gasteiger partial charge in [0.2, 0.25) is 5.88 Å². The number of nitrogens with zero attached hydrogens (tertiary/aromatic N) is 4. The van der Waals surface area contributed by atoms with Crippen LogP contribution >= 0.6 is 0 Å². The smallest absolute Gasteiger partial charge is 0.238 e. The molecule has 0 aliphatic carbocycles. The molecule has 0 unspecified atom stereocenters. The second-order valence-corrected chi connectivity index (χ2v) is 11.1. The summed E-state index contributed by atoms with van der Waals surface area (Å²) >= 11 is 0. The number of aryl methyl sites for hydroxylation is 1. The standard InChI is InChI=1S/C35H34N4O6/c1-22-4-6-24(7-5-22)27-20-39(19-23-11-14-44-15-12-23)21-28(35(27)41)30(40)16-25-8-9-34(38-37-25)45-31-10-13-36-29-18-33(43-3)32(42-2)17-26(29)31/h4-10,13,17-18,20-21,23H,11-12,14-16,19H2,1-3H3.